The fourth-order valence-electron chi connectivity index (χ4n) is 3.14. The molecule has 0 unspecified atom stereocenters. The minimum absolute atomic E-state index is 0.102. The SMILES string of the molecule is CN(C)c1ccc(C(=O)NCCN2C(=O)S/C(=C\c3ccc4c(c3)OCO4)C2=O)cc1. The van der Waals surface area contributed by atoms with Crippen molar-refractivity contribution in [2.45, 2.75) is 0 Å². The first-order chi connectivity index (χ1) is 14.9. The topological polar surface area (TPSA) is 88.2 Å². The van der Waals surface area contributed by atoms with Crippen LogP contribution in [0.2, 0.25) is 0 Å². The maximum atomic E-state index is 12.6. The summed E-state index contributed by atoms with van der Waals surface area (Å²) in [5.74, 6) is 0.622. The highest BCUT2D eigenvalue weighted by atomic mass is 32.2. The molecule has 0 aliphatic carbocycles. The summed E-state index contributed by atoms with van der Waals surface area (Å²) < 4.78 is 10.6. The van der Waals surface area contributed by atoms with Crippen LogP contribution in [0.5, 0.6) is 11.5 Å². The first kappa shape index (κ1) is 20.8. The van der Waals surface area contributed by atoms with Gasteiger partial charge < -0.3 is 19.7 Å². The van der Waals surface area contributed by atoms with Gasteiger partial charge in [0.15, 0.2) is 11.5 Å². The fraction of sp³-hybridized carbons (Fsp3) is 0.227. The second kappa shape index (κ2) is 8.73. The van der Waals surface area contributed by atoms with E-state index in [-0.39, 0.29) is 36.9 Å². The van der Waals surface area contributed by atoms with Crippen molar-refractivity contribution in [2.75, 3.05) is 38.9 Å². The Morgan fingerprint density at radius 3 is 2.61 bits per heavy atom. The van der Waals surface area contributed by atoms with E-state index < -0.39 is 0 Å². The number of thioether (sulfide) groups is 1. The van der Waals surface area contributed by atoms with Crippen molar-refractivity contribution in [1.82, 2.24) is 10.2 Å². The van der Waals surface area contributed by atoms with Crippen LogP contribution in [0.1, 0.15) is 15.9 Å². The number of imide groups is 1. The zero-order chi connectivity index (χ0) is 22.0. The summed E-state index contributed by atoms with van der Waals surface area (Å²) in [5, 5.41) is 2.39. The zero-order valence-electron chi connectivity index (χ0n) is 17.1. The average molecular weight is 439 g/mol. The number of benzene rings is 2. The molecular weight excluding hydrogens is 418 g/mol. The minimum atomic E-state index is -0.378. The monoisotopic (exact) mass is 439 g/mol. The first-order valence-electron chi connectivity index (χ1n) is 9.63. The van der Waals surface area contributed by atoms with E-state index >= 15 is 0 Å². The number of hydrogen-bond donors (Lipinski definition) is 1. The molecule has 3 amide bonds. The van der Waals surface area contributed by atoms with Crippen LogP contribution in [0.25, 0.3) is 6.08 Å². The number of carbonyl (C=O) groups is 3. The summed E-state index contributed by atoms with van der Waals surface area (Å²) in [6, 6.07) is 12.5. The van der Waals surface area contributed by atoms with E-state index in [4.69, 9.17) is 9.47 Å². The molecule has 1 N–H and O–H groups in total. The molecule has 2 aromatic carbocycles. The molecule has 2 aliphatic heterocycles. The highest BCUT2D eigenvalue weighted by molar-refractivity contribution is 8.18. The molecule has 0 aromatic heterocycles. The van der Waals surface area contributed by atoms with Crippen LogP contribution in [0, 0.1) is 0 Å². The highest BCUT2D eigenvalue weighted by Gasteiger charge is 2.34. The minimum Gasteiger partial charge on any atom is -0.454 e. The summed E-state index contributed by atoms with van der Waals surface area (Å²) >= 11 is 0.879. The Morgan fingerprint density at radius 1 is 1.13 bits per heavy atom. The van der Waals surface area contributed by atoms with Gasteiger partial charge in [-0.05, 0) is 59.8 Å². The summed E-state index contributed by atoms with van der Waals surface area (Å²) in [6.45, 7) is 0.440. The third-order valence-electron chi connectivity index (χ3n) is 4.83. The van der Waals surface area contributed by atoms with Gasteiger partial charge in [0.25, 0.3) is 17.1 Å². The van der Waals surface area contributed by atoms with Crippen LogP contribution in [-0.2, 0) is 4.79 Å². The Bertz CT molecular complexity index is 1070. The molecule has 2 heterocycles. The number of ether oxygens (including phenoxy) is 2. The molecule has 1 saturated heterocycles. The van der Waals surface area contributed by atoms with E-state index in [1.54, 1.807) is 36.4 Å². The number of hydrogen-bond acceptors (Lipinski definition) is 7. The summed E-state index contributed by atoms with van der Waals surface area (Å²) in [7, 11) is 3.85. The van der Waals surface area contributed by atoms with E-state index in [1.165, 1.54) is 0 Å². The molecule has 0 atom stereocenters. The Labute approximate surface area is 183 Å². The normalized spacial score (nSPS) is 16.2. The standard InChI is InChI=1S/C22H21N3O5S/c1-24(2)16-6-4-15(5-7-16)20(26)23-9-10-25-21(27)19(31-22(25)28)12-14-3-8-17-18(11-14)30-13-29-17/h3-8,11-12H,9-10,13H2,1-2H3,(H,23,26)/b19-12-. The van der Waals surface area contributed by atoms with Crippen molar-refractivity contribution in [3.63, 3.8) is 0 Å². The van der Waals surface area contributed by atoms with E-state index in [2.05, 4.69) is 5.32 Å². The van der Waals surface area contributed by atoms with Gasteiger partial charge >= 0.3 is 0 Å². The smallest absolute Gasteiger partial charge is 0.293 e. The van der Waals surface area contributed by atoms with E-state index in [0.29, 0.717) is 22.0 Å². The molecule has 0 spiro atoms. The van der Waals surface area contributed by atoms with Crippen LogP contribution in [0.3, 0.4) is 0 Å². The van der Waals surface area contributed by atoms with Crippen LogP contribution >= 0.6 is 11.8 Å². The zero-order valence-corrected chi connectivity index (χ0v) is 17.9. The van der Waals surface area contributed by atoms with Gasteiger partial charge in [-0.25, -0.2) is 0 Å². The quantitative estimate of drug-likeness (QED) is 0.693. The number of nitrogens with zero attached hydrogens (tertiary/aromatic N) is 2. The van der Waals surface area contributed by atoms with Crippen molar-refractivity contribution < 1.29 is 23.9 Å². The van der Waals surface area contributed by atoms with Gasteiger partial charge in [-0.15, -0.1) is 0 Å². The third kappa shape index (κ3) is 4.51. The molecule has 0 saturated carbocycles. The molecule has 2 aromatic rings. The predicted molar refractivity (Wildman–Crippen MR) is 118 cm³/mol. The largest absolute Gasteiger partial charge is 0.454 e. The van der Waals surface area contributed by atoms with Crippen molar-refractivity contribution in [1.29, 1.82) is 0 Å². The molecule has 0 bridgehead atoms. The van der Waals surface area contributed by atoms with Crippen molar-refractivity contribution in [3.8, 4) is 11.5 Å². The van der Waals surface area contributed by atoms with Crippen LogP contribution in [-0.4, -0.2) is 55.9 Å². The number of amides is 3. The number of fused-ring (bicyclic) bond motifs is 1. The Morgan fingerprint density at radius 2 is 1.87 bits per heavy atom. The molecular formula is C22H21N3O5S. The predicted octanol–water partition coefficient (Wildman–Crippen LogP) is 2.95. The van der Waals surface area contributed by atoms with E-state index in [0.717, 1.165) is 27.9 Å². The highest BCUT2D eigenvalue weighted by Crippen LogP contribution is 2.36. The van der Waals surface area contributed by atoms with Gasteiger partial charge in [0.2, 0.25) is 6.79 Å². The van der Waals surface area contributed by atoms with Crippen LogP contribution in [0.4, 0.5) is 10.5 Å². The maximum Gasteiger partial charge on any atom is 0.293 e. The average Bonchev–Trinajstić information content (AvgIpc) is 3.33. The Kier molecular flexibility index (Phi) is 5.85. The van der Waals surface area contributed by atoms with Crippen molar-refractivity contribution in [2.24, 2.45) is 0 Å². The molecule has 31 heavy (non-hydrogen) atoms. The second-order valence-electron chi connectivity index (χ2n) is 7.14. The van der Waals surface area contributed by atoms with E-state index in [9.17, 15) is 14.4 Å². The lowest BCUT2D eigenvalue weighted by atomic mass is 10.2. The lowest BCUT2D eigenvalue weighted by Gasteiger charge is -2.14. The van der Waals surface area contributed by atoms with E-state index in [1.807, 2.05) is 31.1 Å². The number of anilines is 1. The fourth-order valence-corrected chi connectivity index (χ4v) is 4.01. The number of carbonyl (C=O) groups excluding carboxylic acids is 3. The Balaban J connectivity index is 1.34. The molecule has 160 valence electrons. The van der Waals surface area contributed by atoms with Crippen LogP contribution in [0.15, 0.2) is 47.4 Å². The maximum absolute atomic E-state index is 12.6. The lowest BCUT2D eigenvalue weighted by Crippen LogP contribution is -2.37. The summed E-state index contributed by atoms with van der Waals surface area (Å²) in [6.07, 6.45) is 1.65. The molecule has 4 rings (SSSR count). The summed E-state index contributed by atoms with van der Waals surface area (Å²) in [5.41, 5.74) is 2.25. The van der Waals surface area contributed by atoms with Crippen molar-refractivity contribution >= 4 is 40.6 Å². The molecule has 1 fully saturated rings. The first-order valence-corrected chi connectivity index (χ1v) is 10.4. The Hall–Kier alpha value is -3.46. The third-order valence-corrected chi connectivity index (χ3v) is 5.74. The van der Waals surface area contributed by atoms with Gasteiger partial charge in [0.1, 0.15) is 0 Å². The van der Waals surface area contributed by atoms with Crippen LogP contribution < -0.4 is 19.7 Å². The second-order valence-corrected chi connectivity index (χ2v) is 8.14. The lowest BCUT2D eigenvalue weighted by molar-refractivity contribution is -0.122. The van der Waals surface area contributed by atoms with Gasteiger partial charge in [-0.2, -0.15) is 0 Å². The van der Waals surface area contributed by atoms with Gasteiger partial charge in [-0.3, -0.25) is 19.3 Å². The van der Waals surface area contributed by atoms with Gasteiger partial charge in [0.05, 0.1) is 4.91 Å². The molecule has 0 radical (unpaired) electrons. The molecule has 2 aliphatic rings. The van der Waals surface area contributed by atoms with Crippen molar-refractivity contribution in [3.05, 3.63) is 58.5 Å². The molecule has 8 nitrogen and oxygen atoms in total. The number of rotatable bonds is 6. The van der Waals surface area contributed by atoms with Gasteiger partial charge in [0, 0.05) is 38.4 Å². The number of nitrogens with one attached hydrogen (secondary N) is 1. The van der Waals surface area contributed by atoms with Gasteiger partial charge in [-0.1, -0.05) is 6.07 Å². The molecule has 9 heteroatoms. The summed E-state index contributed by atoms with van der Waals surface area (Å²) in [4.78, 5) is 40.6.